The molecule has 0 aliphatic rings. The Morgan fingerprint density at radius 1 is 1.24 bits per heavy atom. The number of aromatic nitrogens is 2. The molecule has 3 rings (SSSR count). The maximum Gasteiger partial charge on any atom is 0.149 e. The molecule has 1 N–H and O–H groups in total. The lowest BCUT2D eigenvalue weighted by Crippen LogP contribution is -1.84. The van der Waals surface area contributed by atoms with Crippen LogP contribution in [0.5, 0.6) is 5.75 Å². The molecule has 21 heavy (non-hydrogen) atoms. The molecule has 0 atom stereocenters. The van der Waals surface area contributed by atoms with E-state index >= 15 is 0 Å². The van der Waals surface area contributed by atoms with Crippen molar-refractivity contribution in [3.05, 3.63) is 59.9 Å². The third kappa shape index (κ3) is 2.63. The Morgan fingerprint density at radius 3 is 2.76 bits per heavy atom. The number of methoxy groups -OCH3 is 1. The van der Waals surface area contributed by atoms with Crippen molar-refractivity contribution < 1.29 is 4.74 Å². The van der Waals surface area contributed by atoms with E-state index in [1.807, 2.05) is 54.6 Å². The Bertz CT molecular complexity index is 841. The molecule has 0 aliphatic carbocycles. The first-order chi connectivity index (χ1) is 10.3. The van der Waals surface area contributed by atoms with Gasteiger partial charge in [0.2, 0.25) is 0 Å². The molecular formula is C17H13N3O. The number of ether oxygens (including phenoxy) is 1. The highest BCUT2D eigenvalue weighted by Gasteiger charge is 2.08. The number of nitrogens with zero attached hydrogens (tertiary/aromatic N) is 2. The lowest BCUT2D eigenvalue weighted by molar-refractivity contribution is 0.415. The number of fused-ring (bicyclic) bond motifs is 1. The Morgan fingerprint density at radius 2 is 2.05 bits per heavy atom. The van der Waals surface area contributed by atoms with Crippen LogP contribution in [0, 0.1) is 11.3 Å². The molecule has 0 unspecified atom stereocenters. The summed E-state index contributed by atoms with van der Waals surface area (Å²) < 4.78 is 5.19. The first-order valence-electron chi connectivity index (χ1n) is 6.51. The van der Waals surface area contributed by atoms with Crippen molar-refractivity contribution >= 4 is 22.7 Å². The first kappa shape index (κ1) is 12.9. The summed E-state index contributed by atoms with van der Waals surface area (Å²) in [7, 11) is 1.62. The summed E-state index contributed by atoms with van der Waals surface area (Å²) in [4.78, 5) is 7.61. The van der Waals surface area contributed by atoms with E-state index in [1.165, 1.54) is 0 Å². The third-order valence-electron chi connectivity index (χ3n) is 3.18. The van der Waals surface area contributed by atoms with Crippen LogP contribution < -0.4 is 4.74 Å². The summed E-state index contributed by atoms with van der Waals surface area (Å²) in [5.41, 5.74) is 3.11. The van der Waals surface area contributed by atoms with E-state index in [2.05, 4.69) is 16.0 Å². The second kappa shape index (κ2) is 5.51. The van der Waals surface area contributed by atoms with E-state index in [0.717, 1.165) is 22.3 Å². The van der Waals surface area contributed by atoms with Crippen molar-refractivity contribution in [3.8, 4) is 11.8 Å². The quantitative estimate of drug-likeness (QED) is 0.742. The van der Waals surface area contributed by atoms with Gasteiger partial charge in [-0.1, -0.05) is 30.3 Å². The lowest BCUT2D eigenvalue weighted by Gasteiger charge is -1.96. The molecule has 102 valence electrons. The van der Waals surface area contributed by atoms with Crippen molar-refractivity contribution in [2.75, 3.05) is 7.11 Å². The Kier molecular flexibility index (Phi) is 3.40. The van der Waals surface area contributed by atoms with Crippen LogP contribution in [0.1, 0.15) is 11.4 Å². The SMILES string of the molecule is COc1ccc2nc(/C(C#N)=C\c3ccccc3)[nH]c2c1. The van der Waals surface area contributed by atoms with Crippen LogP contribution in [0.15, 0.2) is 48.5 Å². The highest BCUT2D eigenvalue weighted by molar-refractivity contribution is 5.90. The maximum atomic E-state index is 9.36. The Balaban J connectivity index is 2.06. The summed E-state index contributed by atoms with van der Waals surface area (Å²) in [6.45, 7) is 0. The van der Waals surface area contributed by atoms with Crippen LogP contribution in [0.25, 0.3) is 22.7 Å². The fourth-order valence-electron chi connectivity index (χ4n) is 2.11. The van der Waals surface area contributed by atoms with Gasteiger partial charge in [-0.2, -0.15) is 5.26 Å². The van der Waals surface area contributed by atoms with Gasteiger partial charge in [0, 0.05) is 6.07 Å². The molecule has 4 heteroatoms. The van der Waals surface area contributed by atoms with Crippen LogP contribution in [0.4, 0.5) is 0 Å². The van der Waals surface area contributed by atoms with Crippen molar-refractivity contribution in [2.24, 2.45) is 0 Å². The summed E-state index contributed by atoms with van der Waals surface area (Å²) in [5.74, 6) is 1.31. The minimum absolute atomic E-state index is 0.497. The lowest BCUT2D eigenvalue weighted by atomic mass is 10.1. The van der Waals surface area contributed by atoms with Crippen molar-refractivity contribution in [2.45, 2.75) is 0 Å². The molecule has 0 bridgehead atoms. The van der Waals surface area contributed by atoms with Gasteiger partial charge in [-0.15, -0.1) is 0 Å². The molecule has 0 spiro atoms. The van der Waals surface area contributed by atoms with Gasteiger partial charge in [-0.05, 0) is 23.8 Å². The Labute approximate surface area is 122 Å². The van der Waals surface area contributed by atoms with Crippen molar-refractivity contribution in [1.82, 2.24) is 9.97 Å². The van der Waals surface area contributed by atoms with Gasteiger partial charge in [0.15, 0.2) is 0 Å². The average Bonchev–Trinajstić information content (AvgIpc) is 2.96. The van der Waals surface area contributed by atoms with Gasteiger partial charge < -0.3 is 9.72 Å². The summed E-state index contributed by atoms with van der Waals surface area (Å²) in [5, 5.41) is 9.36. The number of benzene rings is 2. The zero-order chi connectivity index (χ0) is 14.7. The van der Waals surface area contributed by atoms with Gasteiger partial charge in [0.1, 0.15) is 17.6 Å². The number of imidazole rings is 1. The van der Waals surface area contributed by atoms with Crippen LogP contribution in [-0.4, -0.2) is 17.1 Å². The smallest absolute Gasteiger partial charge is 0.149 e. The molecule has 0 radical (unpaired) electrons. The van der Waals surface area contributed by atoms with E-state index < -0.39 is 0 Å². The average molecular weight is 275 g/mol. The van der Waals surface area contributed by atoms with Crippen LogP contribution >= 0.6 is 0 Å². The summed E-state index contributed by atoms with van der Waals surface area (Å²) in [6.07, 6.45) is 1.81. The molecule has 1 heterocycles. The van der Waals surface area contributed by atoms with Gasteiger partial charge >= 0.3 is 0 Å². The van der Waals surface area contributed by atoms with Gasteiger partial charge in [0.25, 0.3) is 0 Å². The predicted molar refractivity (Wildman–Crippen MR) is 82.6 cm³/mol. The highest BCUT2D eigenvalue weighted by atomic mass is 16.5. The number of hydrogen-bond acceptors (Lipinski definition) is 3. The second-order valence-electron chi connectivity index (χ2n) is 4.55. The van der Waals surface area contributed by atoms with E-state index in [9.17, 15) is 5.26 Å². The topological polar surface area (TPSA) is 61.7 Å². The fourth-order valence-corrected chi connectivity index (χ4v) is 2.11. The monoisotopic (exact) mass is 275 g/mol. The summed E-state index contributed by atoms with van der Waals surface area (Å²) in [6, 6.07) is 17.5. The van der Waals surface area contributed by atoms with Crippen LogP contribution in [0.2, 0.25) is 0 Å². The minimum Gasteiger partial charge on any atom is -0.497 e. The number of hydrogen-bond donors (Lipinski definition) is 1. The maximum absolute atomic E-state index is 9.36. The van der Waals surface area contributed by atoms with E-state index in [-0.39, 0.29) is 0 Å². The molecule has 0 saturated heterocycles. The highest BCUT2D eigenvalue weighted by Crippen LogP contribution is 2.22. The number of allylic oxidation sites excluding steroid dienone is 1. The third-order valence-corrected chi connectivity index (χ3v) is 3.18. The molecule has 0 saturated carbocycles. The standard InChI is InChI=1S/C17H13N3O/c1-21-14-7-8-15-16(10-14)20-17(19-15)13(11-18)9-12-5-3-2-4-6-12/h2-10H,1H3,(H,19,20)/b13-9-. The van der Waals surface area contributed by atoms with Crippen molar-refractivity contribution in [3.63, 3.8) is 0 Å². The van der Waals surface area contributed by atoms with Gasteiger partial charge in [-0.3, -0.25) is 0 Å². The van der Waals surface area contributed by atoms with Crippen LogP contribution in [0.3, 0.4) is 0 Å². The van der Waals surface area contributed by atoms with Gasteiger partial charge in [-0.25, -0.2) is 4.98 Å². The zero-order valence-corrected chi connectivity index (χ0v) is 11.5. The predicted octanol–water partition coefficient (Wildman–Crippen LogP) is 3.64. The van der Waals surface area contributed by atoms with E-state index in [1.54, 1.807) is 7.11 Å². The molecule has 2 aromatic carbocycles. The fraction of sp³-hybridized carbons (Fsp3) is 0.0588. The number of H-pyrrole nitrogens is 1. The molecule has 0 amide bonds. The Hall–Kier alpha value is -3.06. The van der Waals surface area contributed by atoms with Gasteiger partial charge in [0.05, 0.1) is 23.7 Å². The molecule has 0 fully saturated rings. The zero-order valence-electron chi connectivity index (χ0n) is 11.5. The number of nitriles is 1. The number of aromatic amines is 1. The molecule has 1 aromatic heterocycles. The number of rotatable bonds is 3. The molecular weight excluding hydrogens is 262 g/mol. The van der Waals surface area contributed by atoms with E-state index in [0.29, 0.717) is 11.4 Å². The normalized spacial score (nSPS) is 11.3. The second-order valence-corrected chi connectivity index (χ2v) is 4.55. The number of nitrogens with one attached hydrogen (secondary N) is 1. The molecule has 0 aliphatic heterocycles. The molecule has 4 nitrogen and oxygen atoms in total. The summed E-state index contributed by atoms with van der Waals surface area (Å²) >= 11 is 0. The van der Waals surface area contributed by atoms with E-state index in [4.69, 9.17) is 4.74 Å². The minimum atomic E-state index is 0.497. The first-order valence-corrected chi connectivity index (χ1v) is 6.51. The van der Waals surface area contributed by atoms with Crippen molar-refractivity contribution in [1.29, 1.82) is 5.26 Å². The molecule has 3 aromatic rings. The largest absolute Gasteiger partial charge is 0.497 e. The van der Waals surface area contributed by atoms with Crippen LogP contribution in [-0.2, 0) is 0 Å².